The summed E-state index contributed by atoms with van der Waals surface area (Å²) < 4.78 is 5.95. The summed E-state index contributed by atoms with van der Waals surface area (Å²) in [5.41, 5.74) is 3.44. The number of aryl methyl sites for hydroxylation is 1. The first-order valence-corrected chi connectivity index (χ1v) is 10.2. The van der Waals surface area contributed by atoms with Crippen LogP contribution in [0.25, 0.3) is 0 Å². The van der Waals surface area contributed by atoms with Gasteiger partial charge in [-0.1, -0.05) is 49.4 Å². The van der Waals surface area contributed by atoms with Crippen LogP contribution in [-0.4, -0.2) is 24.2 Å². The predicted molar refractivity (Wildman–Crippen MR) is 119 cm³/mol. The van der Waals surface area contributed by atoms with Crippen molar-refractivity contribution in [1.82, 2.24) is 0 Å². The van der Waals surface area contributed by atoms with Crippen LogP contribution in [0, 0.1) is 0 Å². The van der Waals surface area contributed by atoms with Crippen LogP contribution in [0.5, 0.6) is 5.75 Å². The van der Waals surface area contributed by atoms with Crippen molar-refractivity contribution in [3.8, 4) is 5.75 Å². The largest absolute Gasteiger partial charge is 0.492 e. The molecule has 0 aliphatic heterocycles. The molecule has 1 N–H and O–H groups in total. The summed E-state index contributed by atoms with van der Waals surface area (Å²) in [5.74, 6) is 0.0787. The van der Waals surface area contributed by atoms with Gasteiger partial charge in [0.15, 0.2) is 0 Å². The van der Waals surface area contributed by atoms with Gasteiger partial charge >= 0.3 is 5.97 Å². The number of carboxylic acid groups (broad SMARTS) is 1. The molecule has 0 heterocycles. The molecule has 0 bridgehead atoms. The van der Waals surface area contributed by atoms with Crippen molar-refractivity contribution < 1.29 is 14.6 Å². The Morgan fingerprint density at radius 2 is 1.83 bits per heavy atom. The Balaban J connectivity index is 1.93. The van der Waals surface area contributed by atoms with Crippen molar-refractivity contribution in [2.45, 2.75) is 39.5 Å². The van der Waals surface area contributed by atoms with Crippen LogP contribution in [0.3, 0.4) is 0 Å². The third-order valence-electron chi connectivity index (χ3n) is 4.57. The van der Waals surface area contributed by atoms with Gasteiger partial charge in [0.25, 0.3) is 0 Å². The smallest absolute Gasteiger partial charge is 0.303 e. The Bertz CT molecular complexity index is 795. The lowest BCUT2D eigenvalue weighted by Crippen LogP contribution is -2.26. The van der Waals surface area contributed by atoms with E-state index in [0.717, 1.165) is 36.4 Å². The van der Waals surface area contributed by atoms with E-state index in [9.17, 15) is 4.79 Å². The quantitative estimate of drug-likeness (QED) is 0.460. The summed E-state index contributed by atoms with van der Waals surface area (Å²) in [6.07, 6.45) is 9.00. The molecule has 0 aromatic heterocycles. The molecule has 2 rings (SSSR count). The van der Waals surface area contributed by atoms with Crippen molar-refractivity contribution in [2.24, 2.45) is 0 Å². The van der Waals surface area contributed by atoms with E-state index in [-0.39, 0.29) is 6.42 Å². The van der Waals surface area contributed by atoms with E-state index in [0.29, 0.717) is 13.0 Å². The number of benzene rings is 2. The summed E-state index contributed by atoms with van der Waals surface area (Å²) in [7, 11) is 0. The third kappa shape index (κ3) is 8.26. The molecule has 0 aliphatic carbocycles. The molecule has 4 nitrogen and oxygen atoms in total. The van der Waals surface area contributed by atoms with Crippen LogP contribution in [0.4, 0.5) is 5.69 Å². The molecule has 4 heteroatoms. The maximum absolute atomic E-state index is 10.6. The van der Waals surface area contributed by atoms with Crippen molar-refractivity contribution in [3.63, 3.8) is 0 Å². The number of anilines is 1. The van der Waals surface area contributed by atoms with Crippen LogP contribution < -0.4 is 9.64 Å². The van der Waals surface area contributed by atoms with Gasteiger partial charge in [0, 0.05) is 17.8 Å². The van der Waals surface area contributed by atoms with Crippen LogP contribution >= 0.6 is 0 Å². The van der Waals surface area contributed by atoms with Gasteiger partial charge in [-0.15, -0.1) is 0 Å². The highest BCUT2D eigenvalue weighted by atomic mass is 16.5. The highest BCUT2D eigenvalue weighted by Crippen LogP contribution is 2.19. The lowest BCUT2D eigenvalue weighted by Gasteiger charge is -2.25. The highest BCUT2D eigenvalue weighted by Gasteiger charge is 2.08. The van der Waals surface area contributed by atoms with Gasteiger partial charge in [0.2, 0.25) is 0 Å². The minimum absolute atomic E-state index is 0.202. The lowest BCUT2D eigenvalue weighted by atomic mass is 10.1. The Morgan fingerprint density at radius 3 is 2.48 bits per heavy atom. The van der Waals surface area contributed by atoms with E-state index in [1.54, 1.807) is 0 Å². The zero-order valence-electron chi connectivity index (χ0n) is 17.4. The molecule has 0 saturated heterocycles. The van der Waals surface area contributed by atoms with E-state index in [2.05, 4.69) is 49.1 Å². The number of rotatable bonds is 12. The molecule has 0 fully saturated rings. The molecule has 0 saturated carbocycles. The zero-order chi connectivity index (χ0) is 20.9. The first-order valence-electron chi connectivity index (χ1n) is 10.2. The average molecular weight is 394 g/mol. The monoisotopic (exact) mass is 393 g/mol. The Morgan fingerprint density at radius 1 is 1.10 bits per heavy atom. The molecule has 0 unspecified atom stereocenters. The standard InChI is InChI=1S/C25H31NO3/c1-3-4-6-10-21(2)26(23-12-7-5-8-13-23)19-20-29-24-17-15-22(16-18-24)11-9-14-25(27)28/h4-8,10,12-13,15-18H,3,9,11,14,19-20H2,1-2H3,(H,27,28)/b6-4-,21-10+. The summed E-state index contributed by atoms with van der Waals surface area (Å²) in [6.45, 7) is 5.54. The number of carboxylic acids is 1. The van der Waals surface area contributed by atoms with E-state index < -0.39 is 5.97 Å². The topological polar surface area (TPSA) is 49.8 Å². The molecular formula is C25H31NO3. The molecule has 154 valence electrons. The van der Waals surface area contributed by atoms with Gasteiger partial charge in [-0.25, -0.2) is 0 Å². The van der Waals surface area contributed by atoms with Crippen molar-refractivity contribution in [2.75, 3.05) is 18.1 Å². The molecule has 0 spiro atoms. The van der Waals surface area contributed by atoms with E-state index >= 15 is 0 Å². The number of hydrogen-bond acceptors (Lipinski definition) is 3. The zero-order valence-corrected chi connectivity index (χ0v) is 17.4. The van der Waals surface area contributed by atoms with Crippen molar-refractivity contribution in [1.29, 1.82) is 0 Å². The number of allylic oxidation sites excluding steroid dienone is 4. The molecule has 0 amide bonds. The third-order valence-corrected chi connectivity index (χ3v) is 4.57. The average Bonchev–Trinajstić information content (AvgIpc) is 2.73. The van der Waals surface area contributed by atoms with Gasteiger partial charge in [-0.3, -0.25) is 4.79 Å². The molecule has 2 aromatic rings. The fraction of sp³-hybridized carbons (Fsp3) is 0.320. The van der Waals surface area contributed by atoms with E-state index in [4.69, 9.17) is 9.84 Å². The minimum atomic E-state index is -0.748. The number of para-hydroxylation sites is 1. The molecular weight excluding hydrogens is 362 g/mol. The predicted octanol–water partition coefficient (Wildman–Crippen LogP) is 5.85. The van der Waals surface area contributed by atoms with Crippen molar-refractivity contribution >= 4 is 11.7 Å². The van der Waals surface area contributed by atoms with Crippen LogP contribution in [0.1, 0.15) is 38.7 Å². The fourth-order valence-electron chi connectivity index (χ4n) is 3.00. The molecule has 29 heavy (non-hydrogen) atoms. The second-order valence-corrected chi connectivity index (χ2v) is 6.87. The fourth-order valence-corrected chi connectivity index (χ4v) is 3.00. The Hall–Kier alpha value is -3.01. The second-order valence-electron chi connectivity index (χ2n) is 6.87. The molecule has 2 aromatic carbocycles. The summed E-state index contributed by atoms with van der Waals surface area (Å²) in [5, 5.41) is 8.73. The van der Waals surface area contributed by atoms with E-state index in [1.807, 2.05) is 42.5 Å². The lowest BCUT2D eigenvalue weighted by molar-refractivity contribution is -0.137. The molecule has 0 aliphatic rings. The summed E-state index contributed by atoms with van der Waals surface area (Å²) in [6, 6.07) is 18.2. The van der Waals surface area contributed by atoms with Gasteiger partial charge in [0.05, 0.1) is 6.54 Å². The highest BCUT2D eigenvalue weighted by molar-refractivity contribution is 5.66. The van der Waals surface area contributed by atoms with Gasteiger partial charge in [-0.05, 0) is 62.1 Å². The number of nitrogens with zero attached hydrogens (tertiary/aromatic N) is 1. The number of carbonyl (C=O) groups is 1. The summed E-state index contributed by atoms with van der Waals surface area (Å²) in [4.78, 5) is 12.9. The van der Waals surface area contributed by atoms with Gasteiger partial charge < -0.3 is 14.7 Å². The number of aliphatic carboxylic acids is 1. The van der Waals surface area contributed by atoms with Crippen LogP contribution in [-0.2, 0) is 11.2 Å². The maximum atomic E-state index is 10.6. The van der Waals surface area contributed by atoms with E-state index in [1.165, 1.54) is 5.70 Å². The van der Waals surface area contributed by atoms with Crippen molar-refractivity contribution in [3.05, 3.63) is 84.1 Å². The van der Waals surface area contributed by atoms with Gasteiger partial charge in [-0.2, -0.15) is 0 Å². The molecule has 0 atom stereocenters. The Kier molecular flexibility index (Phi) is 9.56. The summed E-state index contributed by atoms with van der Waals surface area (Å²) >= 11 is 0. The number of ether oxygens (including phenoxy) is 1. The SMILES string of the molecule is CC/C=C\C=C(/C)N(CCOc1ccc(CCCC(=O)O)cc1)c1ccccc1. The molecule has 0 radical (unpaired) electrons. The first kappa shape index (κ1) is 22.3. The normalized spacial score (nSPS) is 11.6. The number of hydrogen-bond donors (Lipinski definition) is 1. The Labute approximate surface area is 174 Å². The minimum Gasteiger partial charge on any atom is -0.492 e. The maximum Gasteiger partial charge on any atom is 0.303 e. The van der Waals surface area contributed by atoms with Crippen LogP contribution in [0.15, 0.2) is 78.5 Å². The van der Waals surface area contributed by atoms with Crippen LogP contribution in [0.2, 0.25) is 0 Å². The van der Waals surface area contributed by atoms with Gasteiger partial charge in [0.1, 0.15) is 12.4 Å². The second kappa shape index (κ2) is 12.4. The first-order chi connectivity index (χ1) is 14.1.